The van der Waals surface area contributed by atoms with E-state index in [0.717, 1.165) is 38.0 Å². The van der Waals surface area contributed by atoms with Gasteiger partial charge in [-0.15, -0.1) is 0 Å². The molecule has 0 amide bonds. The molecule has 1 rings (SSSR count). The zero-order valence-corrected chi connectivity index (χ0v) is 11.3. The molecule has 0 aliphatic heterocycles. The largest absolute Gasteiger partial charge is 0.299 e. The Morgan fingerprint density at radius 2 is 1.62 bits per heavy atom. The Morgan fingerprint density at radius 1 is 1.06 bits per heavy atom. The van der Waals surface area contributed by atoms with Crippen molar-refractivity contribution in [2.45, 2.75) is 72.1 Å². The van der Waals surface area contributed by atoms with Crippen molar-refractivity contribution in [3.8, 4) is 0 Å². The minimum atomic E-state index is 0.406. The smallest absolute Gasteiger partial charge is 0.136 e. The van der Waals surface area contributed by atoms with Gasteiger partial charge in [0.1, 0.15) is 5.78 Å². The van der Waals surface area contributed by atoms with Crippen LogP contribution >= 0.6 is 0 Å². The minimum absolute atomic E-state index is 0.406. The number of Topliss-reactive ketones (excluding diaryl/α,β-unsaturated/α-hetero) is 1. The van der Waals surface area contributed by atoms with E-state index in [1.54, 1.807) is 0 Å². The van der Waals surface area contributed by atoms with E-state index in [1.807, 2.05) is 0 Å². The van der Waals surface area contributed by atoms with Crippen LogP contribution in [0.5, 0.6) is 0 Å². The number of ketones is 1. The zero-order valence-electron chi connectivity index (χ0n) is 11.3. The average molecular weight is 224 g/mol. The summed E-state index contributed by atoms with van der Waals surface area (Å²) in [6.07, 6.45) is 9.36. The Hall–Kier alpha value is -0.330. The molecule has 1 saturated carbocycles. The lowest BCUT2D eigenvalue weighted by Crippen LogP contribution is -2.23. The van der Waals surface area contributed by atoms with Crippen LogP contribution in [0.1, 0.15) is 72.1 Å². The molecule has 0 aromatic heterocycles. The summed E-state index contributed by atoms with van der Waals surface area (Å²) in [4.78, 5) is 12.1. The second-order valence-electron chi connectivity index (χ2n) is 5.48. The van der Waals surface area contributed by atoms with Crippen LogP contribution in [0, 0.1) is 17.8 Å². The zero-order chi connectivity index (χ0) is 12.0. The second kappa shape index (κ2) is 7.09. The quantitative estimate of drug-likeness (QED) is 0.644. The lowest BCUT2D eigenvalue weighted by Gasteiger charge is -2.27. The molecule has 0 bridgehead atoms. The number of carbonyl (C=O) groups is 1. The van der Waals surface area contributed by atoms with E-state index in [4.69, 9.17) is 0 Å². The first-order valence-electron chi connectivity index (χ1n) is 7.23. The number of hydrogen-bond donors (Lipinski definition) is 0. The van der Waals surface area contributed by atoms with Crippen molar-refractivity contribution in [1.29, 1.82) is 0 Å². The van der Waals surface area contributed by atoms with Gasteiger partial charge in [0.2, 0.25) is 0 Å². The molecule has 0 N–H and O–H groups in total. The molecular formula is C15H28O. The van der Waals surface area contributed by atoms with Gasteiger partial charge in [0.05, 0.1) is 0 Å². The van der Waals surface area contributed by atoms with Crippen LogP contribution in [0.25, 0.3) is 0 Å². The van der Waals surface area contributed by atoms with Crippen LogP contribution in [0.15, 0.2) is 0 Å². The SMILES string of the molecule is CCC1CCC(C(=O)CC(CC)CC)CC1. The van der Waals surface area contributed by atoms with E-state index in [9.17, 15) is 4.79 Å². The third-order valence-corrected chi connectivity index (χ3v) is 4.52. The van der Waals surface area contributed by atoms with Gasteiger partial charge in [0.15, 0.2) is 0 Å². The molecule has 0 atom stereocenters. The fourth-order valence-corrected chi connectivity index (χ4v) is 2.92. The second-order valence-corrected chi connectivity index (χ2v) is 5.48. The molecule has 1 aliphatic carbocycles. The Balaban J connectivity index is 2.32. The normalized spacial score (nSPS) is 26.0. The van der Waals surface area contributed by atoms with Gasteiger partial charge in [-0.25, -0.2) is 0 Å². The highest BCUT2D eigenvalue weighted by molar-refractivity contribution is 5.81. The maximum atomic E-state index is 12.1. The molecule has 1 nitrogen and oxygen atoms in total. The third-order valence-electron chi connectivity index (χ3n) is 4.52. The van der Waals surface area contributed by atoms with Crippen molar-refractivity contribution < 1.29 is 4.79 Å². The molecule has 0 aromatic carbocycles. The van der Waals surface area contributed by atoms with E-state index in [-0.39, 0.29) is 0 Å². The monoisotopic (exact) mass is 224 g/mol. The summed E-state index contributed by atoms with van der Waals surface area (Å²) in [6, 6.07) is 0. The predicted molar refractivity (Wildman–Crippen MR) is 69.4 cm³/mol. The number of rotatable bonds is 6. The molecule has 0 unspecified atom stereocenters. The number of hydrogen-bond acceptors (Lipinski definition) is 1. The van der Waals surface area contributed by atoms with Crippen molar-refractivity contribution in [1.82, 2.24) is 0 Å². The lowest BCUT2D eigenvalue weighted by atomic mass is 9.77. The summed E-state index contributed by atoms with van der Waals surface area (Å²) in [5.74, 6) is 2.50. The third kappa shape index (κ3) is 3.92. The summed E-state index contributed by atoms with van der Waals surface area (Å²) in [5, 5.41) is 0. The maximum absolute atomic E-state index is 12.1. The van der Waals surface area contributed by atoms with E-state index >= 15 is 0 Å². The molecular weight excluding hydrogens is 196 g/mol. The van der Waals surface area contributed by atoms with Crippen LogP contribution in [0.3, 0.4) is 0 Å². The fraction of sp³-hybridized carbons (Fsp3) is 0.933. The molecule has 0 aromatic rings. The molecule has 94 valence electrons. The Kier molecular flexibility index (Phi) is 6.08. The number of carbonyl (C=O) groups excluding carboxylic acids is 1. The Bertz CT molecular complexity index is 197. The molecule has 0 spiro atoms. The molecule has 0 saturated heterocycles. The first kappa shape index (κ1) is 13.7. The molecule has 1 heteroatoms. The van der Waals surface area contributed by atoms with Gasteiger partial charge in [-0.3, -0.25) is 4.79 Å². The van der Waals surface area contributed by atoms with Crippen LogP contribution in [0.2, 0.25) is 0 Å². The molecule has 1 fully saturated rings. The molecule has 16 heavy (non-hydrogen) atoms. The van der Waals surface area contributed by atoms with Gasteiger partial charge >= 0.3 is 0 Å². The standard InChI is InChI=1S/C15H28O/c1-4-12(5-2)11-15(16)14-9-7-13(6-3)8-10-14/h12-14H,4-11H2,1-3H3. The highest BCUT2D eigenvalue weighted by Gasteiger charge is 2.26. The van der Waals surface area contributed by atoms with Crippen molar-refractivity contribution in [2.75, 3.05) is 0 Å². The van der Waals surface area contributed by atoms with Gasteiger partial charge in [-0.1, -0.05) is 40.0 Å². The fourth-order valence-electron chi connectivity index (χ4n) is 2.92. The van der Waals surface area contributed by atoms with Crippen molar-refractivity contribution in [2.24, 2.45) is 17.8 Å². The van der Waals surface area contributed by atoms with E-state index < -0.39 is 0 Å². The summed E-state index contributed by atoms with van der Waals surface area (Å²) in [5.41, 5.74) is 0. The van der Waals surface area contributed by atoms with Gasteiger partial charge in [0.25, 0.3) is 0 Å². The van der Waals surface area contributed by atoms with E-state index in [1.165, 1.54) is 19.3 Å². The van der Waals surface area contributed by atoms with Crippen molar-refractivity contribution in [3.63, 3.8) is 0 Å². The Labute approximate surface area is 101 Å². The highest BCUT2D eigenvalue weighted by Crippen LogP contribution is 2.32. The minimum Gasteiger partial charge on any atom is -0.299 e. The van der Waals surface area contributed by atoms with Gasteiger partial charge in [-0.2, -0.15) is 0 Å². The summed E-state index contributed by atoms with van der Waals surface area (Å²) in [6.45, 7) is 6.68. The maximum Gasteiger partial charge on any atom is 0.136 e. The molecule has 0 heterocycles. The van der Waals surface area contributed by atoms with E-state index in [0.29, 0.717) is 17.6 Å². The summed E-state index contributed by atoms with van der Waals surface area (Å²) < 4.78 is 0. The van der Waals surface area contributed by atoms with Gasteiger partial charge in [-0.05, 0) is 37.5 Å². The first-order valence-corrected chi connectivity index (χ1v) is 7.23. The molecule has 0 radical (unpaired) electrons. The van der Waals surface area contributed by atoms with Crippen LogP contribution in [0.4, 0.5) is 0 Å². The van der Waals surface area contributed by atoms with Crippen LogP contribution < -0.4 is 0 Å². The average Bonchev–Trinajstić information content (AvgIpc) is 2.35. The lowest BCUT2D eigenvalue weighted by molar-refractivity contribution is -0.125. The topological polar surface area (TPSA) is 17.1 Å². The molecule has 1 aliphatic rings. The van der Waals surface area contributed by atoms with Crippen LogP contribution in [-0.2, 0) is 4.79 Å². The van der Waals surface area contributed by atoms with Gasteiger partial charge < -0.3 is 0 Å². The predicted octanol–water partition coefficient (Wildman–Crippen LogP) is 4.60. The summed E-state index contributed by atoms with van der Waals surface area (Å²) in [7, 11) is 0. The van der Waals surface area contributed by atoms with Gasteiger partial charge in [0, 0.05) is 12.3 Å². The first-order chi connectivity index (χ1) is 7.71. The highest BCUT2D eigenvalue weighted by atomic mass is 16.1. The Morgan fingerprint density at radius 3 is 2.06 bits per heavy atom. The van der Waals surface area contributed by atoms with Crippen LogP contribution in [-0.4, -0.2) is 5.78 Å². The van der Waals surface area contributed by atoms with E-state index in [2.05, 4.69) is 20.8 Å². The van der Waals surface area contributed by atoms with Crippen molar-refractivity contribution in [3.05, 3.63) is 0 Å². The van der Waals surface area contributed by atoms with Crippen molar-refractivity contribution >= 4 is 5.78 Å². The summed E-state index contributed by atoms with van der Waals surface area (Å²) >= 11 is 0.